The van der Waals surface area contributed by atoms with Crippen LogP contribution >= 0.6 is 0 Å². The second-order valence-corrected chi connectivity index (χ2v) is 8.85. The van der Waals surface area contributed by atoms with E-state index in [1.807, 2.05) is 42.5 Å². The Morgan fingerprint density at radius 1 is 1.00 bits per heavy atom. The fourth-order valence-electron chi connectivity index (χ4n) is 3.67. The van der Waals surface area contributed by atoms with Crippen molar-refractivity contribution in [1.29, 1.82) is 0 Å². The third-order valence-corrected chi connectivity index (χ3v) is 5.89. The molecule has 0 saturated heterocycles. The number of hydrogen-bond acceptors (Lipinski definition) is 3. The highest BCUT2D eigenvalue weighted by Gasteiger charge is 2.14. The lowest BCUT2D eigenvalue weighted by molar-refractivity contribution is -0.132. The number of benzene rings is 2. The molecule has 2 aromatic carbocycles. The molecular weight excluding hydrogens is 440 g/mol. The molecule has 0 heterocycles. The molecule has 0 aliphatic heterocycles. The van der Waals surface area contributed by atoms with Crippen molar-refractivity contribution in [1.82, 2.24) is 5.32 Å². The molecule has 0 bridgehead atoms. The van der Waals surface area contributed by atoms with Crippen molar-refractivity contribution in [3.05, 3.63) is 53.6 Å². The Kier molecular flexibility index (Phi) is 11.9. The summed E-state index contributed by atoms with van der Waals surface area (Å²) in [5.41, 5.74) is 3.65. The van der Waals surface area contributed by atoms with Crippen LogP contribution in [0.3, 0.4) is 0 Å². The topological polar surface area (TPSA) is 78.9 Å². The van der Waals surface area contributed by atoms with Gasteiger partial charge >= 0.3 is 12.0 Å². The minimum Gasteiger partial charge on any atom is -0.493 e. The molecule has 6 heteroatoms. The Morgan fingerprint density at radius 3 is 2.46 bits per heavy atom. The number of carbonyl (C=O) groups is 2. The summed E-state index contributed by atoms with van der Waals surface area (Å²) in [7, 11) is 1.77. The van der Waals surface area contributed by atoms with Crippen molar-refractivity contribution in [2.75, 3.05) is 25.1 Å². The predicted molar refractivity (Wildman–Crippen MR) is 144 cm³/mol. The smallest absolute Gasteiger partial charge is 0.331 e. The van der Waals surface area contributed by atoms with E-state index in [0.717, 1.165) is 48.1 Å². The van der Waals surface area contributed by atoms with E-state index in [1.54, 1.807) is 24.9 Å². The maximum atomic E-state index is 12.7. The molecular formula is C29H40N2O4. The summed E-state index contributed by atoms with van der Waals surface area (Å²) in [5, 5.41) is 12.2. The fourth-order valence-corrected chi connectivity index (χ4v) is 3.67. The van der Waals surface area contributed by atoms with Gasteiger partial charge in [0.25, 0.3) is 0 Å². The number of nitrogens with zero attached hydrogens (tertiary/aromatic N) is 1. The van der Waals surface area contributed by atoms with Gasteiger partial charge in [0.05, 0.1) is 6.61 Å². The van der Waals surface area contributed by atoms with Gasteiger partial charge in [-0.1, -0.05) is 70.2 Å². The van der Waals surface area contributed by atoms with Gasteiger partial charge in [0.2, 0.25) is 0 Å². The summed E-state index contributed by atoms with van der Waals surface area (Å²) in [6, 6.07) is 13.4. The van der Waals surface area contributed by atoms with Crippen LogP contribution in [0.1, 0.15) is 71.3 Å². The normalized spacial score (nSPS) is 11.3. The van der Waals surface area contributed by atoms with Crippen LogP contribution in [0.15, 0.2) is 48.0 Å². The van der Waals surface area contributed by atoms with Gasteiger partial charge in [-0.25, -0.2) is 9.59 Å². The third-order valence-electron chi connectivity index (χ3n) is 5.89. The summed E-state index contributed by atoms with van der Waals surface area (Å²) >= 11 is 0. The van der Waals surface area contributed by atoms with Crippen molar-refractivity contribution in [2.24, 2.45) is 0 Å². The number of carboxylic acids is 1. The van der Waals surface area contributed by atoms with Crippen LogP contribution in [0.2, 0.25) is 0 Å². The summed E-state index contributed by atoms with van der Waals surface area (Å²) in [5.74, 6) is -0.251. The molecule has 0 unspecified atom stereocenters. The zero-order chi connectivity index (χ0) is 25.6. The van der Waals surface area contributed by atoms with Crippen LogP contribution in [-0.2, 0) is 4.79 Å². The Balaban J connectivity index is 2.21. The van der Waals surface area contributed by atoms with E-state index < -0.39 is 5.97 Å². The highest BCUT2D eigenvalue weighted by Crippen LogP contribution is 2.34. The zero-order valence-corrected chi connectivity index (χ0v) is 21.6. The highest BCUT2D eigenvalue weighted by molar-refractivity contribution is 5.93. The van der Waals surface area contributed by atoms with Crippen LogP contribution in [-0.4, -0.2) is 37.3 Å². The number of carboxylic acid groups (broad SMARTS) is 1. The zero-order valence-electron chi connectivity index (χ0n) is 21.6. The Morgan fingerprint density at radius 2 is 1.74 bits per heavy atom. The lowest BCUT2D eigenvalue weighted by atomic mass is 10.0. The number of rotatable bonds is 14. The number of unbranched alkanes of at least 4 members (excludes halogenated alkanes) is 5. The molecule has 0 atom stereocenters. The van der Waals surface area contributed by atoms with Gasteiger partial charge in [0.15, 0.2) is 0 Å². The number of ether oxygens (including phenoxy) is 1. The summed E-state index contributed by atoms with van der Waals surface area (Å²) in [4.78, 5) is 25.5. The number of amides is 2. The first-order valence-electron chi connectivity index (χ1n) is 12.7. The molecule has 0 fully saturated rings. The van der Waals surface area contributed by atoms with E-state index in [1.165, 1.54) is 19.3 Å². The maximum Gasteiger partial charge on any atom is 0.331 e. The lowest BCUT2D eigenvalue weighted by Gasteiger charge is -2.20. The molecule has 0 radical (unpaired) electrons. The molecule has 0 aliphatic rings. The van der Waals surface area contributed by atoms with Crippen LogP contribution in [0.4, 0.5) is 10.5 Å². The SMILES string of the molecule is CCCCCCCNC(=O)N(C)c1cccc(-c2ccc(C=C(C)C(=O)O)cc2OCCCC)c1. The van der Waals surface area contributed by atoms with Gasteiger partial charge in [0, 0.05) is 30.4 Å². The van der Waals surface area contributed by atoms with Crippen LogP contribution in [0.25, 0.3) is 17.2 Å². The first kappa shape index (κ1) is 28.0. The largest absolute Gasteiger partial charge is 0.493 e. The second-order valence-electron chi connectivity index (χ2n) is 8.85. The predicted octanol–water partition coefficient (Wildman–Crippen LogP) is 7.14. The van der Waals surface area contributed by atoms with Gasteiger partial charge in [-0.3, -0.25) is 4.90 Å². The summed E-state index contributed by atoms with van der Waals surface area (Å²) in [6.45, 7) is 7.12. The van der Waals surface area contributed by atoms with Gasteiger partial charge in [-0.05, 0) is 55.2 Å². The van der Waals surface area contributed by atoms with Gasteiger partial charge in [0.1, 0.15) is 5.75 Å². The molecule has 35 heavy (non-hydrogen) atoms. The van der Waals surface area contributed by atoms with Gasteiger partial charge in [-0.2, -0.15) is 0 Å². The van der Waals surface area contributed by atoms with E-state index in [2.05, 4.69) is 19.2 Å². The van der Waals surface area contributed by atoms with Crippen molar-refractivity contribution in [3.63, 3.8) is 0 Å². The van der Waals surface area contributed by atoms with Crippen molar-refractivity contribution >= 4 is 23.8 Å². The van der Waals surface area contributed by atoms with Gasteiger partial charge < -0.3 is 15.2 Å². The maximum absolute atomic E-state index is 12.7. The minimum absolute atomic E-state index is 0.123. The molecule has 2 amide bonds. The van der Waals surface area contributed by atoms with Gasteiger partial charge in [-0.15, -0.1) is 0 Å². The molecule has 190 valence electrons. The summed E-state index contributed by atoms with van der Waals surface area (Å²) < 4.78 is 6.09. The molecule has 0 saturated carbocycles. The van der Waals surface area contributed by atoms with Crippen LogP contribution < -0.4 is 15.0 Å². The van der Waals surface area contributed by atoms with E-state index in [0.29, 0.717) is 18.9 Å². The number of aliphatic carboxylic acids is 1. The van der Waals surface area contributed by atoms with E-state index in [9.17, 15) is 14.7 Å². The molecule has 2 rings (SSSR count). The number of anilines is 1. The van der Waals surface area contributed by atoms with Crippen molar-refractivity contribution in [2.45, 2.75) is 65.7 Å². The number of carbonyl (C=O) groups excluding carboxylic acids is 1. The molecule has 0 aromatic heterocycles. The van der Waals surface area contributed by atoms with Crippen LogP contribution in [0, 0.1) is 0 Å². The van der Waals surface area contributed by atoms with E-state index >= 15 is 0 Å². The van der Waals surface area contributed by atoms with Crippen molar-refractivity contribution < 1.29 is 19.4 Å². The first-order valence-corrected chi connectivity index (χ1v) is 12.7. The molecule has 0 aliphatic carbocycles. The average molecular weight is 481 g/mol. The fraction of sp³-hybridized carbons (Fsp3) is 0.448. The molecule has 2 N–H and O–H groups in total. The monoisotopic (exact) mass is 480 g/mol. The lowest BCUT2D eigenvalue weighted by Crippen LogP contribution is -2.37. The molecule has 6 nitrogen and oxygen atoms in total. The number of hydrogen-bond donors (Lipinski definition) is 2. The average Bonchev–Trinajstić information content (AvgIpc) is 2.86. The van der Waals surface area contributed by atoms with Crippen molar-refractivity contribution in [3.8, 4) is 16.9 Å². The molecule has 0 spiro atoms. The Bertz CT molecular complexity index is 1000. The van der Waals surface area contributed by atoms with Crippen LogP contribution in [0.5, 0.6) is 5.75 Å². The summed E-state index contributed by atoms with van der Waals surface area (Å²) in [6.07, 6.45) is 9.34. The minimum atomic E-state index is -0.947. The Labute approximate surface area is 210 Å². The number of urea groups is 1. The van der Waals surface area contributed by atoms with E-state index in [4.69, 9.17) is 4.74 Å². The standard InChI is InChI=1S/C29H40N2O4/c1-5-7-9-10-11-17-30-29(34)31(4)25-14-12-13-24(21-25)26-16-15-23(19-22(3)28(32)33)20-27(26)35-18-8-6-2/h12-16,19-21H,5-11,17-18H2,1-4H3,(H,30,34)(H,32,33). The Hall–Kier alpha value is -3.28. The number of nitrogens with one attached hydrogen (secondary N) is 1. The first-order chi connectivity index (χ1) is 16.9. The van der Waals surface area contributed by atoms with E-state index in [-0.39, 0.29) is 11.6 Å². The quantitative estimate of drug-likeness (QED) is 0.222. The second kappa shape index (κ2) is 14.9. The molecule has 2 aromatic rings. The highest BCUT2D eigenvalue weighted by atomic mass is 16.5. The third kappa shape index (κ3) is 9.12.